The Labute approximate surface area is 313 Å². The molecule has 3 aliphatic carbocycles. The summed E-state index contributed by atoms with van der Waals surface area (Å²) in [5.74, 6) is -4.92. The third-order valence-electron chi connectivity index (χ3n) is 11.8. The number of carboxylic acids is 1. The third-order valence-corrected chi connectivity index (χ3v) is 11.8. The van der Waals surface area contributed by atoms with E-state index in [1.165, 1.54) is 25.2 Å². The lowest BCUT2D eigenvalue weighted by Crippen LogP contribution is -2.59. The predicted molar refractivity (Wildman–Crippen MR) is 200 cm³/mol. The molecule has 1 saturated heterocycles. The van der Waals surface area contributed by atoms with Gasteiger partial charge in [-0.15, -0.1) is 0 Å². The number of hydrogen-bond donors (Lipinski definition) is 2. The molecule has 7 rings (SSSR count). The number of phenols is 1. The maximum Gasteiger partial charge on any atom is 0.303 e. The normalized spacial score (nSPS) is 26.2. The molecule has 1 saturated carbocycles. The van der Waals surface area contributed by atoms with Crippen LogP contribution in [0.2, 0.25) is 0 Å². The Morgan fingerprint density at radius 3 is 2.20 bits per heavy atom. The molecule has 2 fully saturated rings. The maximum absolute atomic E-state index is 15.1. The molecule has 278 valence electrons. The third kappa shape index (κ3) is 6.13. The molecule has 0 bridgehead atoms. The van der Waals surface area contributed by atoms with Crippen LogP contribution in [0.3, 0.4) is 0 Å². The molecule has 2 N–H and O–H groups in total. The summed E-state index contributed by atoms with van der Waals surface area (Å²) in [5.41, 5.74) is 1.75. The van der Waals surface area contributed by atoms with Crippen LogP contribution < -0.4 is 9.47 Å². The molecule has 10 nitrogen and oxygen atoms in total. The predicted octanol–water partition coefficient (Wildman–Crippen LogP) is 6.42. The highest BCUT2D eigenvalue weighted by Crippen LogP contribution is 2.61. The number of phenolic OH excluding ortho intramolecular Hbond substituents is 1. The smallest absolute Gasteiger partial charge is 0.303 e. The molecule has 54 heavy (non-hydrogen) atoms. The van der Waals surface area contributed by atoms with Crippen LogP contribution in [-0.2, 0) is 29.4 Å². The largest absolute Gasteiger partial charge is 0.502 e. The lowest BCUT2D eigenvalue weighted by Gasteiger charge is -2.54. The number of aliphatic carboxylic acids is 1. The molecule has 6 atom stereocenters. The molecule has 10 heteroatoms. The van der Waals surface area contributed by atoms with Crippen LogP contribution in [0.5, 0.6) is 17.2 Å². The van der Waals surface area contributed by atoms with Crippen molar-refractivity contribution in [2.24, 2.45) is 29.6 Å². The van der Waals surface area contributed by atoms with Gasteiger partial charge in [0, 0.05) is 30.4 Å². The van der Waals surface area contributed by atoms with E-state index in [-0.39, 0.29) is 60.0 Å². The van der Waals surface area contributed by atoms with Crippen LogP contribution in [0, 0.1) is 29.6 Å². The van der Waals surface area contributed by atoms with E-state index in [1.807, 2.05) is 78.9 Å². The number of unbranched alkanes of at least 4 members (excludes halogenated alkanes) is 2. The Kier molecular flexibility index (Phi) is 10.1. The first-order valence-electron chi connectivity index (χ1n) is 18.4. The quantitative estimate of drug-likeness (QED) is 0.122. The highest BCUT2D eigenvalue weighted by molar-refractivity contribution is 6.31. The highest BCUT2D eigenvalue weighted by Gasteiger charge is 2.65. The number of fused-ring (bicyclic) bond motifs is 4. The average molecular weight is 730 g/mol. The number of carbonyl (C=O) groups excluding carboxylic acids is 4. The first kappa shape index (κ1) is 36.6. The molecule has 6 unspecified atom stereocenters. The molecule has 0 radical (unpaired) electrons. The van der Waals surface area contributed by atoms with Crippen molar-refractivity contribution >= 4 is 41.0 Å². The Morgan fingerprint density at radius 2 is 1.56 bits per heavy atom. The minimum absolute atomic E-state index is 0.0256. The van der Waals surface area contributed by atoms with E-state index in [0.717, 1.165) is 5.57 Å². The number of imide groups is 1. The number of methoxy groups -OCH3 is 2. The van der Waals surface area contributed by atoms with Gasteiger partial charge >= 0.3 is 5.97 Å². The topological polar surface area (TPSA) is 148 Å². The summed E-state index contributed by atoms with van der Waals surface area (Å²) >= 11 is 0. The van der Waals surface area contributed by atoms with Crippen molar-refractivity contribution in [3.63, 3.8) is 0 Å². The fourth-order valence-electron chi connectivity index (χ4n) is 9.35. The zero-order valence-corrected chi connectivity index (χ0v) is 30.3. The number of likely N-dealkylation sites (tertiary alicyclic amines) is 1. The van der Waals surface area contributed by atoms with Crippen molar-refractivity contribution < 1.29 is 43.7 Å². The van der Waals surface area contributed by atoms with Gasteiger partial charge in [0.05, 0.1) is 31.5 Å². The van der Waals surface area contributed by atoms with Crippen LogP contribution >= 0.6 is 0 Å². The van der Waals surface area contributed by atoms with Gasteiger partial charge in [-0.05, 0) is 66.5 Å². The summed E-state index contributed by atoms with van der Waals surface area (Å²) < 4.78 is 10.8. The van der Waals surface area contributed by atoms with E-state index in [0.29, 0.717) is 47.9 Å². The first-order valence-corrected chi connectivity index (χ1v) is 18.4. The number of Topliss-reactive ketones (excluding diaryl/α,β-unsaturated/α-hetero) is 1. The molecule has 0 spiro atoms. The van der Waals surface area contributed by atoms with E-state index < -0.39 is 41.0 Å². The minimum Gasteiger partial charge on any atom is -0.502 e. The fraction of sp³-hybridized carbons (Fsp3) is 0.341. The molecule has 2 amide bonds. The van der Waals surface area contributed by atoms with E-state index in [1.54, 1.807) is 12.1 Å². The Morgan fingerprint density at radius 1 is 0.889 bits per heavy atom. The van der Waals surface area contributed by atoms with E-state index in [4.69, 9.17) is 14.6 Å². The number of aromatic hydroxyl groups is 1. The van der Waals surface area contributed by atoms with Crippen molar-refractivity contribution in [1.29, 1.82) is 0 Å². The monoisotopic (exact) mass is 729 g/mol. The summed E-state index contributed by atoms with van der Waals surface area (Å²) in [6.07, 6.45) is 9.29. The SMILES string of the molecule is COc1cc(C=CC2C3=CCC4C(=O)N(CCCCCC(=O)O)C(=O)C4C3CC3C(=O)C(c4ccccc4)=CC(=O)C23c2ccccc2)cc(OC)c1O. The van der Waals surface area contributed by atoms with Gasteiger partial charge in [-0.3, -0.25) is 28.9 Å². The molecular formula is C44H43NO9. The Hall–Kier alpha value is -5.77. The second-order valence-electron chi connectivity index (χ2n) is 14.5. The number of nitrogens with zero attached hydrogens (tertiary/aromatic N) is 1. The number of rotatable bonds is 12. The average Bonchev–Trinajstić information content (AvgIpc) is 3.43. The van der Waals surface area contributed by atoms with E-state index in [2.05, 4.69) is 0 Å². The second-order valence-corrected chi connectivity index (χ2v) is 14.5. The second kappa shape index (κ2) is 14.9. The number of amides is 2. The molecule has 3 aromatic rings. The van der Waals surface area contributed by atoms with Crippen LogP contribution in [0.1, 0.15) is 55.2 Å². The van der Waals surface area contributed by atoms with Gasteiger partial charge in [0.25, 0.3) is 0 Å². The summed E-state index contributed by atoms with van der Waals surface area (Å²) in [6, 6.07) is 21.8. The maximum atomic E-state index is 15.1. The van der Waals surface area contributed by atoms with Crippen LogP contribution in [-0.4, -0.2) is 65.2 Å². The van der Waals surface area contributed by atoms with Gasteiger partial charge < -0.3 is 19.7 Å². The number of carboxylic acid groups (broad SMARTS) is 1. The van der Waals surface area contributed by atoms with Crippen molar-refractivity contribution in [2.45, 2.75) is 43.9 Å². The number of benzene rings is 3. The molecule has 0 aromatic heterocycles. The lowest BCUT2D eigenvalue weighted by molar-refractivity contribution is -0.141. The highest BCUT2D eigenvalue weighted by atomic mass is 16.5. The van der Waals surface area contributed by atoms with E-state index in [9.17, 15) is 19.5 Å². The van der Waals surface area contributed by atoms with Gasteiger partial charge in [-0.25, -0.2) is 0 Å². The summed E-state index contributed by atoms with van der Waals surface area (Å²) in [4.78, 5) is 70.6. The molecular weight excluding hydrogens is 686 g/mol. The molecule has 3 aromatic carbocycles. The van der Waals surface area contributed by atoms with Gasteiger partial charge in [0.1, 0.15) is 0 Å². The van der Waals surface area contributed by atoms with Crippen LogP contribution in [0.15, 0.2) is 96.6 Å². The van der Waals surface area contributed by atoms with Crippen molar-refractivity contribution in [1.82, 2.24) is 4.90 Å². The molecule has 1 aliphatic heterocycles. The van der Waals surface area contributed by atoms with Crippen LogP contribution in [0.4, 0.5) is 0 Å². The van der Waals surface area contributed by atoms with Crippen molar-refractivity contribution in [2.75, 3.05) is 20.8 Å². The van der Waals surface area contributed by atoms with Crippen LogP contribution in [0.25, 0.3) is 11.6 Å². The lowest BCUT2D eigenvalue weighted by atomic mass is 9.45. The van der Waals surface area contributed by atoms with Crippen molar-refractivity contribution in [3.8, 4) is 17.2 Å². The number of ether oxygens (including phenoxy) is 2. The minimum atomic E-state index is -1.36. The van der Waals surface area contributed by atoms with E-state index >= 15 is 9.59 Å². The van der Waals surface area contributed by atoms with Crippen molar-refractivity contribution in [3.05, 3.63) is 113 Å². The zero-order valence-electron chi connectivity index (χ0n) is 30.3. The van der Waals surface area contributed by atoms with Gasteiger partial charge in [-0.1, -0.05) is 90.9 Å². The van der Waals surface area contributed by atoms with Gasteiger partial charge in [0.15, 0.2) is 23.1 Å². The van der Waals surface area contributed by atoms with Gasteiger partial charge in [-0.2, -0.15) is 0 Å². The fourth-order valence-corrected chi connectivity index (χ4v) is 9.35. The summed E-state index contributed by atoms with van der Waals surface area (Å²) in [6.45, 7) is 0.204. The number of carbonyl (C=O) groups is 5. The zero-order chi connectivity index (χ0) is 38.1. The standard InChI is InChI=1S/C44H43NO9/c1-53-35-22-26(23-36(54-2)41(35)50)17-20-33-29-18-19-30-39(43(52)45(42(30)51)21-11-5-10-16-38(47)48)32(29)24-34-40(49)31(27-12-6-3-7-13-27)25-37(46)44(33,34)28-14-8-4-9-15-28/h3-4,6-9,12-15,17-18,20,22-23,25,30,32-34,39,50H,5,10-11,16,19,21,24H2,1-2H3,(H,47,48). The molecule has 1 heterocycles. The summed E-state index contributed by atoms with van der Waals surface area (Å²) in [5, 5.41) is 19.6. The van der Waals surface area contributed by atoms with Gasteiger partial charge in [0.2, 0.25) is 17.6 Å². The number of ketones is 2. The number of hydrogen-bond acceptors (Lipinski definition) is 8. The summed E-state index contributed by atoms with van der Waals surface area (Å²) in [7, 11) is 2.88. The molecule has 4 aliphatic rings. The Bertz CT molecular complexity index is 2060. The number of allylic oxidation sites excluding steroid dienone is 5. The Balaban J connectivity index is 1.36. The first-order chi connectivity index (χ1) is 26.1.